The second-order valence-electron chi connectivity index (χ2n) is 5.92. The Labute approximate surface area is 102 Å². The van der Waals surface area contributed by atoms with E-state index in [2.05, 4.69) is 33.0 Å². The molecule has 1 aliphatic rings. The molecule has 1 rings (SSSR count). The molecule has 0 heterocycles. The van der Waals surface area contributed by atoms with E-state index in [-0.39, 0.29) is 0 Å². The number of hydrogen-bond acceptors (Lipinski definition) is 1. The van der Waals surface area contributed by atoms with Crippen molar-refractivity contribution in [1.82, 2.24) is 5.32 Å². The largest absolute Gasteiger partial charge is 0.313 e. The normalized spacial score (nSPS) is 29.2. The molecule has 0 amide bonds. The Bertz CT molecular complexity index is 178. The lowest BCUT2D eigenvalue weighted by Crippen LogP contribution is -2.41. The molecule has 1 nitrogen and oxygen atoms in total. The summed E-state index contributed by atoms with van der Waals surface area (Å²) in [5.41, 5.74) is 0. The SMILES string of the molecule is CCCNC(C(C)CCC)C1CCC(C)C1. The van der Waals surface area contributed by atoms with Gasteiger partial charge in [0.15, 0.2) is 0 Å². The van der Waals surface area contributed by atoms with Crippen molar-refractivity contribution in [1.29, 1.82) is 0 Å². The van der Waals surface area contributed by atoms with Crippen molar-refractivity contribution in [3.8, 4) is 0 Å². The van der Waals surface area contributed by atoms with Crippen LogP contribution in [-0.4, -0.2) is 12.6 Å². The Hall–Kier alpha value is -0.0400. The van der Waals surface area contributed by atoms with Gasteiger partial charge >= 0.3 is 0 Å². The van der Waals surface area contributed by atoms with Crippen LogP contribution in [0.5, 0.6) is 0 Å². The topological polar surface area (TPSA) is 12.0 Å². The number of rotatable bonds is 7. The molecule has 1 fully saturated rings. The lowest BCUT2D eigenvalue weighted by Gasteiger charge is -2.30. The van der Waals surface area contributed by atoms with Crippen LogP contribution >= 0.6 is 0 Å². The van der Waals surface area contributed by atoms with Crippen molar-refractivity contribution in [2.24, 2.45) is 17.8 Å². The maximum Gasteiger partial charge on any atom is 0.0121 e. The highest BCUT2D eigenvalue weighted by Crippen LogP contribution is 2.35. The van der Waals surface area contributed by atoms with E-state index in [9.17, 15) is 0 Å². The zero-order valence-electron chi connectivity index (χ0n) is 11.8. The average molecular weight is 225 g/mol. The van der Waals surface area contributed by atoms with Gasteiger partial charge in [0.25, 0.3) is 0 Å². The standard InChI is InChI=1S/C15H31N/c1-5-7-13(4)15(16-10-6-2)14-9-8-12(3)11-14/h12-16H,5-11H2,1-4H3. The van der Waals surface area contributed by atoms with Crippen molar-refractivity contribution in [2.45, 2.75) is 72.3 Å². The summed E-state index contributed by atoms with van der Waals surface area (Å²) >= 11 is 0. The van der Waals surface area contributed by atoms with Crippen molar-refractivity contribution in [2.75, 3.05) is 6.54 Å². The van der Waals surface area contributed by atoms with Crippen LogP contribution in [-0.2, 0) is 0 Å². The highest BCUT2D eigenvalue weighted by molar-refractivity contribution is 4.86. The van der Waals surface area contributed by atoms with Crippen molar-refractivity contribution in [3.63, 3.8) is 0 Å². The van der Waals surface area contributed by atoms with E-state index in [1.807, 2.05) is 0 Å². The summed E-state index contributed by atoms with van der Waals surface area (Å²) in [4.78, 5) is 0. The van der Waals surface area contributed by atoms with Gasteiger partial charge in [0, 0.05) is 6.04 Å². The third kappa shape index (κ3) is 4.08. The Morgan fingerprint density at radius 1 is 1.19 bits per heavy atom. The molecule has 16 heavy (non-hydrogen) atoms. The smallest absolute Gasteiger partial charge is 0.0121 e. The van der Waals surface area contributed by atoms with E-state index in [0.29, 0.717) is 0 Å². The molecule has 0 spiro atoms. The lowest BCUT2D eigenvalue weighted by molar-refractivity contribution is 0.256. The maximum absolute atomic E-state index is 3.82. The van der Waals surface area contributed by atoms with Gasteiger partial charge in [0.1, 0.15) is 0 Å². The molecular weight excluding hydrogens is 194 g/mol. The van der Waals surface area contributed by atoms with Gasteiger partial charge in [-0.05, 0) is 50.0 Å². The zero-order valence-corrected chi connectivity index (χ0v) is 11.8. The van der Waals surface area contributed by atoms with Crippen LogP contribution in [0.4, 0.5) is 0 Å². The minimum absolute atomic E-state index is 0.782. The Morgan fingerprint density at radius 2 is 1.94 bits per heavy atom. The van der Waals surface area contributed by atoms with Crippen molar-refractivity contribution in [3.05, 3.63) is 0 Å². The Balaban J connectivity index is 2.48. The monoisotopic (exact) mass is 225 g/mol. The molecule has 1 saturated carbocycles. The first-order chi connectivity index (χ1) is 7.69. The fourth-order valence-electron chi connectivity index (χ4n) is 3.36. The van der Waals surface area contributed by atoms with E-state index in [1.54, 1.807) is 0 Å². The second kappa shape index (κ2) is 7.32. The summed E-state index contributed by atoms with van der Waals surface area (Å²) in [6.07, 6.45) is 8.33. The molecule has 0 radical (unpaired) electrons. The zero-order chi connectivity index (χ0) is 12.0. The quantitative estimate of drug-likeness (QED) is 0.684. The van der Waals surface area contributed by atoms with Crippen LogP contribution in [0.25, 0.3) is 0 Å². The molecule has 4 unspecified atom stereocenters. The van der Waals surface area contributed by atoms with Gasteiger partial charge in [-0.1, -0.05) is 40.5 Å². The van der Waals surface area contributed by atoms with Gasteiger partial charge in [0.2, 0.25) is 0 Å². The highest BCUT2D eigenvalue weighted by atomic mass is 14.9. The molecule has 1 N–H and O–H groups in total. The third-order valence-corrected chi connectivity index (χ3v) is 4.23. The first-order valence-electron chi connectivity index (χ1n) is 7.42. The van der Waals surface area contributed by atoms with Gasteiger partial charge in [0.05, 0.1) is 0 Å². The summed E-state index contributed by atoms with van der Waals surface area (Å²) in [7, 11) is 0. The fraction of sp³-hybridized carbons (Fsp3) is 1.00. The highest BCUT2D eigenvalue weighted by Gasteiger charge is 2.31. The molecule has 1 heteroatoms. The number of hydrogen-bond donors (Lipinski definition) is 1. The minimum Gasteiger partial charge on any atom is -0.313 e. The Morgan fingerprint density at radius 3 is 2.44 bits per heavy atom. The summed E-state index contributed by atoms with van der Waals surface area (Å²) < 4.78 is 0. The number of nitrogens with one attached hydrogen (secondary N) is 1. The predicted molar refractivity (Wildman–Crippen MR) is 72.7 cm³/mol. The van der Waals surface area contributed by atoms with Gasteiger partial charge < -0.3 is 5.32 Å². The van der Waals surface area contributed by atoms with E-state index >= 15 is 0 Å². The van der Waals surface area contributed by atoms with Crippen LogP contribution in [0.2, 0.25) is 0 Å². The maximum atomic E-state index is 3.82. The first-order valence-corrected chi connectivity index (χ1v) is 7.42. The van der Waals surface area contributed by atoms with E-state index in [4.69, 9.17) is 0 Å². The molecule has 4 atom stereocenters. The van der Waals surface area contributed by atoms with E-state index in [1.165, 1.54) is 45.1 Å². The third-order valence-electron chi connectivity index (χ3n) is 4.23. The predicted octanol–water partition coefficient (Wildman–Crippen LogP) is 4.23. The van der Waals surface area contributed by atoms with Gasteiger partial charge in [-0.3, -0.25) is 0 Å². The Kier molecular flexibility index (Phi) is 6.41. The molecular formula is C15H31N. The molecule has 0 saturated heterocycles. The molecule has 0 bridgehead atoms. The summed E-state index contributed by atoms with van der Waals surface area (Å²) in [6, 6.07) is 0.782. The van der Waals surface area contributed by atoms with E-state index < -0.39 is 0 Å². The molecule has 0 aliphatic heterocycles. The van der Waals surface area contributed by atoms with Crippen molar-refractivity contribution >= 4 is 0 Å². The summed E-state index contributed by atoms with van der Waals surface area (Å²) in [5, 5.41) is 3.82. The summed E-state index contributed by atoms with van der Waals surface area (Å²) in [6.45, 7) is 10.6. The minimum atomic E-state index is 0.782. The lowest BCUT2D eigenvalue weighted by atomic mass is 9.85. The van der Waals surface area contributed by atoms with Crippen LogP contribution in [0.1, 0.15) is 66.2 Å². The molecule has 0 aromatic heterocycles. The van der Waals surface area contributed by atoms with Crippen LogP contribution in [0.3, 0.4) is 0 Å². The summed E-state index contributed by atoms with van der Waals surface area (Å²) in [5.74, 6) is 2.76. The van der Waals surface area contributed by atoms with Crippen LogP contribution in [0, 0.1) is 17.8 Å². The van der Waals surface area contributed by atoms with Crippen LogP contribution < -0.4 is 5.32 Å². The molecule has 96 valence electrons. The van der Waals surface area contributed by atoms with Crippen LogP contribution in [0.15, 0.2) is 0 Å². The molecule has 1 aliphatic carbocycles. The van der Waals surface area contributed by atoms with Crippen molar-refractivity contribution < 1.29 is 0 Å². The van der Waals surface area contributed by atoms with Gasteiger partial charge in [-0.2, -0.15) is 0 Å². The fourth-order valence-corrected chi connectivity index (χ4v) is 3.36. The van der Waals surface area contributed by atoms with Gasteiger partial charge in [-0.25, -0.2) is 0 Å². The molecule has 0 aromatic carbocycles. The average Bonchev–Trinajstić information content (AvgIpc) is 2.66. The van der Waals surface area contributed by atoms with E-state index in [0.717, 1.165) is 23.8 Å². The second-order valence-corrected chi connectivity index (χ2v) is 5.92. The first kappa shape index (κ1) is 14.0. The molecule has 0 aromatic rings. The van der Waals surface area contributed by atoms with Gasteiger partial charge in [-0.15, -0.1) is 0 Å².